The van der Waals surface area contributed by atoms with E-state index in [0.29, 0.717) is 0 Å². The second-order valence-corrected chi connectivity index (χ2v) is 6.22. The molecule has 0 aliphatic carbocycles. The van der Waals surface area contributed by atoms with E-state index in [1.165, 1.54) is 6.92 Å². The number of aliphatic carboxylic acids is 1. The van der Waals surface area contributed by atoms with Gasteiger partial charge >= 0.3 is 5.97 Å². The molecule has 100 valence electrons. The topological polar surface area (TPSA) is 143 Å². The van der Waals surface area contributed by atoms with Gasteiger partial charge in [0, 0.05) is 6.26 Å². The minimum absolute atomic E-state index is 0.103. The number of aromatic amines is 1. The first-order valence-corrected chi connectivity index (χ1v) is 6.87. The average molecular weight is 275 g/mol. The van der Waals surface area contributed by atoms with Gasteiger partial charge in [0.05, 0.1) is 12.0 Å². The van der Waals surface area contributed by atoms with E-state index in [4.69, 9.17) is 10.8 Å². The highest BCUT2D eigenvalue weighted by Gasteiger charge is 2.22. The zero-order valence-corrected chi connectivity index (χ0v) is 10.6. The Morgan fingerprint density at radius 2 is 2.11 bits per heavy atom. The van der Waals surface area contributed by atoms with E-state index in [-0.39, 0.29) is 17.2 Å². The molecule has 0 saturated carbocycles. The van der Waals surface area contributed by atoms with Crippen LogP contribution in [-0.4, -0.2) is 35.7 Å². The van der Waals surface area contributed by atoms with E-state index < -0.39 is 33.0 Å². The number of carboxylic acid groups (broad SMARTS) is 1. The van der Waals surface area contributed by atoms with Crippen molar-refractivity contribution < 1.29 is 18.3 Å². The molecule has 0 spiro atoms. The zero-order chi connectivity index (χ0) is 14.1. The van der Waals surface area contributed by atoms with Crippen LogP contribution in [0.1, 0.15) is 23.6 Å². The van der Waals surface area contributed by atoms with Crippen LogP contribution < -0.4 is 11.3 Å². The van der Waals surface area contributed by atoms with Crippen molar-refractivity contribution in [3.8, 4) is 0 Å². The molecule has 0 amide bonds. The molecule has 0 fully saturated rings. The Morgan fingerprint density at radius 1 is 1.56 bits per heavy atom. The lowest BCUT2D eigenvalue weighted by Gasteiger charge is -2.10. The maximum atomic E-state index is 11.6. The van der Waals surface area contributed by atoms with Crippen LogP contribution in [0.4, 0.5) is 5.82 Å². The lowest BCUT2D eigenvalue weighted by atomic mass is 10.2. The number of H-pyrrole nitrogens is 1. The summed E-state index contributed by atoms with van der Waals surface area (Å²) in [6.45, 7) is 1.35. The number of hydrogen-bond donors (Lipinski definition) is 3. The Bertz CT molecular complexity index is 634. The van der Waals surface area contributed by atoms with Crippen LogP contribution >= 0.6 is 0 Å². The van der Waals surface area contributed by atoms with Crippen molar-refractivity contribution in [3.05, 3.63) is 21.7 Å². The molecular formula is C9H13N3O5S. The molecule has 0 aliphatic rings. The van der Waals surface area contributed by atoms with Gasteiger partial charge in [-0.3, -0.25) is 9.59 Å². The number of rotatable bonds is 4. The molecule has 1 rings (SSSR count). The summed E-state index contributed by atoms with van der Waals surface area (Å²) in [7, 11) is -3.43. The number of carboxylic acids is 1. The van der Waals surface area contributed by atoms with Crippen molar-refractivity contribution in [2.24, 2.45) is 0 Å². The molecule has 0 radical (unpaired) electrons. The van der Waals surface area contributed by atoms with Gasteiger partial charge in [-0.1, -0.05) is 0 Å². The highest BCUT2D eigenvalue weighted by atomic mass is 32.2. The lowest BCUT2D eigenvalue weighted by Crippen LogP contribution is -2.24. The summed E-state index contributed by atoms with van der Waals surface area (Å²) in [5, 5.41) is 7.57. The largest absolute Gasteiger partial charge is 0.481 e. The molecule has 1 heterocycles. The number of nitrogens with two attached hydrogens (primary N) is 1. The van der Waals surface area contributed by atoms with Gasteiger partial charge in [0.25, 0.3) is 5.56 Å². The predicted molar refractivity (Wildman–Crippen MR) is 63.9 cm³/mol. The Kier molecular flexibility index (Phi) is 3.75. The molecule has 9 heteroatoms. The summed E-state index contributed by atoms with van der Waals surface area (Å²) in [6, 6.07) is 0. The molecule has 1 atom stereocenters. The van der Waals surface area contributed by atoms with Gasteiger partial charge in [-0.05, 0) is 6.92 Å². The predicted octanol–water partition coefficient (Wildman–Crippen LogP) is -0.915. The quantitative estimate of drug-likeness (QED) is 0.644. The van der Waals surface area contributed by atoms with Gasteiger partial charge in [0.1, 0.15) is 16.9 Å². The van der Waals surface area contributed by atoms with Crippen LogP contribution in [0.3, 0.4) is 0 Å². The second kappa shape index (κ2) is 4.77. The molecule has 4 N–H and O–H groups in total. The number of hydrogen-bond acceptors (Lipinski definition) is 6. The van der Waals surface area contributed by atoms with Crippen molar-refractivity contribution in [2.45, 2.75) is 18.6 Å². The third-order valence-corrected chi connectivity index (χ3v) is 3.93. The normalized spacial score (nSPS) is 13.2. The average Bonchev–Trinajstić information content (AvgIpc) is 2.20. The third-order valence-electron chi connectivity index (χ3n) is 2.42. The number of carbonyl (C=O) groups is 1. The van der Waals surface area contributed by atoms with Crippen molar-refractivity contribution in [2.75, 3.05) is 12.0 Å². The Morgan fingerprint density at radius 3 is 2.50 bits per heavy atom. The number of nitrogen functional groups attached to an aromatic ring is 1. The number of anilines is 1. The van der Waals surface area contributed by atoms with E-state index in [1.54, 1.807) is 0 Å². The first-order chi connectivity index (χ1) is 8.12. The first-order valence-electron chi connectivity index (χ1n) is 4.92. The molecule has 0 bridgehead atoms. The molecule has 8 nitrogen and oxygen atoms in total. The minimum Gasteiger partial charge on any atom is -0.481 e. The van der Waals surface area contributed by atoms with E-state index >= 15 is 0 Å². The monoisotopic (exact) mass is 275 g/mol. The minimum atomic E-state index is -3.43. The lowest BCUT2D eigenvalue weighted by molar-refractivity contribution is -0.136. The van der Waals surface area contributed by atoms with Crippen molar-refractivity contribution >= 4 is 21.6 Å². The standard InChI is InChI=1S/C9H13N3O5S/c1-4(18(2,16)17)8-11-7(10)5(3-6(13)14)9(15)12-8/h4H,3H2,1-2H3,(H,13,14)(H3,10,11,12,15). The van der Waals surface area contributed by atoms with Crippen molar-refractivity contribution in [3.63, 3.8) is 0 Å². The number of nitrogens with zero attached hydrogens (tertiary/aromatic N) is 1. The van der Waals surface area contributed by atoms with E-state index in [9.17, 15) is 18.0 Å². The van der Waals surface area contributed by atoms with Crippen molar-refractivity contribution in [1.82, 2.24) is 9.97 Å². The fourth-order valence-corrected chi connectivity index (χ4v) is 1.77. The van der Waals surface area contributed by atoms with Gasteiger partial charge in [-0.15, -0.1) is 0 Å². The summed E-state index contributed by atoms with van der Waals surface area (Å²) in [4.78, 5) is 28.1. The Hall–Kier alpha value is -1.90. The second-order valence-electron chi connectivity index (χ2n) is 3.86. The van der Waals surface area contributed by atoms with Crippen LogP contribution in [-0.2, 0) is 21.1 Å². The van der Waals surface area contributed by atoms with E-state index in [0.717, 1.165) is 6.26 Å². The molecule has 0 aromatic carbocycles. The Labute approximate surface area is 103 Å². The summed E-state index contributed by atoms with van der Waals surface area (Å²) < 4.78 is 22.6. The van der Waals surface area contributed by atoms with Crippen LogP contribution in [0.5, 0.6) is 0 Å². The highest BCUT2D eigenvalue weighted by Crippen LogP contribution is 2.17. The fraction of sp³-hybridized carbons (Fsp3) is 0.444. The maximum Gasteiger partial charge on any atom is 0.308 e. The van der Waals surface area contributed by atoms with E-state index in [2.05, 4.69) is 9.97 Å². The Balaban J connectivity index is 3.31. The zero-order valence-electron chi connectivity index (χ0n) is 9.80. The van der Waals surface area contributed by atoms with Gasteiger partial charge < -0.3 is 15.8 Å². The molecular weight excluding hydrogens is 262 g/mol. The van der Waals surface area contributed by atoms with Crippen LogP contribution in [0.2, 0.25) is 0 Å². The summed E-state index contributed by atoms with van der Waals surface area (Å²) in [6.07, 6.45) is 0.431. The smallest absolute Gasteiger partial charge is 0.308 e. The summed E-state index contributed by atoms with van der Waals surface area (Å²) >= 11 is 0. The van der Waals surface area contributed by atoms with Crippen molar-refractivity contribution in [1.29, 1.82) is 0 Å². The maximum absolute atomic E-state index is 11.6. The third kappa shape index (κ3) is 3.06. The van der Waals surface area contributed by atoms with E-state index in [1.807, 2.05) is 0 Å². The molecule has 0 saturated heterocycles. The summed E-state index contributed by atoms with van der Waals surface area (Å²) in [5.74, 6) is -1.60. The highest BCUT2D eigenvalue weighted by molar-refractivity contribution is 7.90. The molecule has 1 unspecified atom stereocenters. The van der Waals surface area contributed by atoms with Gasteiger partial charge in [0.15, 0.2) is 9.84 Å². The molecule has 0 aliphatic heterocycles. The number of nitrogens with one attached hydrogen (secondary N) is 1. The first kappa shape index (κ1) is 14.2. The fourth-order valence-electron chi connectivity index (χ4n) is 1.25. The van der Waals surface area contributed by atoms with Gasteiger partial charge in [-0.2, -0.15) is 0 Å². The molecule has 18 heavy (non-hydrogen) atoms. The van der Waals surface area contributed by atoms with Crippen LogP contribution in [0.15, 0.2) is 4.79 Å². The molecule has 1 aromatic heterocycles. The van der Waals surface area contributed by atoms with Crippen LogP contribution in [0, 0.1) is 0 Å². The van der Waals surface area contributed by atoms with Gasteiger partial charge in [-0.25, -0.2) is 13.4 Å². The van der Waals surface area contributed by atoms with Gasteiger partial charge in [0.2, 0.25) is 0 Å². The SMILES string of the molecule is CC(c1nc(N)c(CC(=O)O)c(=O)[nH]1)S(C)(=O)=O. The number of sulfone groups is 1. The van der Waals surface area contributed by atoms with Crippen LogP contribution in [0.25, 0.3) is 0 Å². The molecule has 1 aromatic rings. The number of aromatic nitrogens is 2. The summed E-state index contributed by atoms with van der Waals surface area (Å²) in [5.41, 5.74) is 4.53.